The van der Waals surface area contributed by atoms with Crippen LogP contribution in [0.2, 0.25) is 0 Å². The number of benzene rings is 2. The van der Waals surface area contributed by atoms with Crippen LogP contribution in [0.5, 0.6) is 17.2 Å². The van der Waals surface area contributed by atoms with Gasteiger partial charge in [0, 0.05) is 22.7 Å². The van der Waals surface area contributed by atoms with E-state index in [-0.39, 0.29) is 22.3 Å². The first-order valence-electron chi connectivity index (χ1n) is 7.84. The number of aliphatic hydroxyl groups excluding tert-OH is 1. The molecule has 8 heteroatoms. The summed E-state index contributed by atoms with van der Waals surface area (Å²) in [6.07, 6.45) is -4.04. The number of alkyl halides is 3. The number of aliphatic hydroxyl groups is 1. The Bertz CT molecular complexity index is 1090. The summed E-state index contributed by atoms with van der Waals surface area (Å²) in [4.78, 5) is 3.77. The molecule has 3 aromatic rings. The molecule has 1 aliphatic heterocycles. The molecular formula is C19H12F3NO4. The maximum atomic E-state index is 13.3. The van der Waals surface area contributed by atoms with Gasteiger partial charge in [-0.15, -0.1) is 0 Å². The van der Waals surface area contributed by atoms with Crippen LogP contribution < -0.4 is 4.74 Å². The van der Waals surface area contributed by atoms with Crippen LogP contribution in [0, 0.1) is 0 Å². The fourth-order valence-corrected chi connectivity index (χ4v) is 3.17. The van der Waals surface area contributed by atoms with Gasteiger partial charge < -0.3 is 20.1 Å². The first-order chi connectivity index (χ1) is 12.8. The highest BCUT2D eigenvalue weighted by Gasteiger charge is 2.38. The van der Waals surface area contributed by atoms with Crippen LogP contribution in [0.1, 0.15) is 22.9 Å². The van der Waals surface area contributed by atoms with Gasteiger partial charge in [-0.05, 0) is 29.7 Å². The van der Waals surface area contributed by atoms with Gasteiger partial charge >= 0.3 is 6.18 Å². The second kappa shape index (κ2) is 5.88. The van der Waals surface area contributed by atoms with Crippen molar-refractivity contribution in [2.75, 3.05) is 0 Å². The maximum Gasteiger partial charge on any atom is 0.418 e. The van der Waals surface area contributed by atoms with E-state index in [1.807, 2.05) is 0 Å². The summed E-state index contributed by atoms with van der Waals surface area (Å²) < 4.78 is 45.4. The average molecular weight is 375 g/mol. The van der Waals surface area contributed by atoms with Crippen LogP contribution in [0.4, 0.5) is 13.2 Å². The largest absolute Gasteiger partial charge is 0.504 e. The number of aromatic hydroxyl groups is 2. The zero-order chi connectivity index (χ0) is 19.3. The minimum Gasteiger partial charge on any atom is -0.504 e. The molecule has 138 valence electrons. The summed E-state index contributed by atoms with van der Waals surface area (Å²) in [5, 5.41) is 31.4. The minimum absolute atomic E-state index is 0.0529. The number of pyridine rings is 1. The van der Waals surface area contributed by atoms with Gasteiger partial charge in [-0.3, -0.25) is 4.98 Å². The highest BCUT2D eigenvalue weighted by Crippen LogP contribution is 2.48. The van der Waals surface area contributed by atoms with Gasteiger partial charge in [0.25, 0.3) is 0 Å². The minimum atomic E-state index is -4.68. The number of halogens is 3. The van der Waals surface area contributed by atoms with E-state index in [0.29, 0.717) is 5.39 Å². The number of phenols is 2. The van der Waals surface area contributed by atoms with E-state index in [4.69, 9.17) is 4.74 Å². The molecule has 0 saturated heterocycles. The smallest absolute Gasteiger partial charge is 0.418 e. The van der Waals surface area contributed by atoms with Gasteiger partial charge in [0.15, 0.2) is 11.5 Å². The SMILES string of the molecule is Oc1ccc2ccc3c(c2c1O)C(O)C(c1ncccc1C(F)(F)F)=CO3. The van der Waals surface area contributed by atoms with E-state index in [0.717, 1.165) is 18.4 Å². The van der Waals surface area contributed by atoms with Gasteiger partial charge in [0.2, 0.25) is 0 Å². The molecule has 1 aromatic heterocycles. The lowest BCUT2D eigenvalue weighted by Gasteiger charge is -2.26. The molecule has 0 saturated carbocycles. The zero-order valence-electron chi connectivity index (χ0n) is 13.5. The van der Waals surface area contributed by atoms with Crippen LogP contribution >= 0.6 is 0 Å². The van der Waals surface area contributed by atoms with E-state index in [1.165, 1.54) is 24.4 Å². The van der Waals surface area contributed by atoms with Gasteiger partial charge in [0.05, 0.1) is 17.5 Å². The fourth-order valence-electron chi connectivity index (χ4n) is 3.17. The average Bonchev–Trinajstić information content (AvgIpc) is 2.64. The lowest BCUT2D eigenvalue weighted by molar-refractivity contribution is -0.138. The number of hydrogen-bond donors (Lipinski definition) is 3. The molecule has 2 heterocycles. The predicted octanol–water partition coefficient (Wildman–Crippen LogP) is 4.13. The Morgan fingerprint density at radius 3 is 2.52 bits per heavy atom. The molecule has 0 spiro atoms. The van der Waals surface area contributed by atoms with Crippen molar-refractivity contribution in [2.45, 2.75) is 12.3 Å². The Morgan fingerprint density at radius 1 is 1.04 bits per heavy atom. The standard InChI is InChI=1S/C19H12F3NO4/c20-19(21,22)11-2-1-7-23-16(11)10-8-27-13-6-4-9-3-5-12(24)18(26)14(9)15(13)17(10)25/h1-8,17,24-26H. The third-order valence-corrected chi connectivity index (χ3v) is 4.41. The van der Waals surface area contributed by atoms with Gasteiger partial charge in [-0.25, -0.2) is 0 Å². The molecule has 5 nitrogen and oxygen atoms in total. The van der Waals surface area contributed by atoms with Crippen molar-refractivity contribution >= 4 is 16.3 Å². The number of fused-ring (bicyclic) bond motifs is 3. The molecule has 2 aromatic carbocycles. The molecule has 4 rings (SSSR count). The van der Waals surface area contributed by atoms with Gasteiger partial charge in [0.1, 0.15) is 11.9 Å². The molecule has 0 aliphatic carbocycles. The molecule has 0 fully saturated rings. The molecule has 27 heavy (non-hydrogen) atoms. The second-order valence-electron chi connectivity index (χ2n) is 6.00. The Morgan fingerprint density at radius 2 is 1.78 bits per heavy atom. The van der Waals surface area contributed by atoms with Crippen molar-refractivity contribution in [2.24, 2.45) is 0 Å². The predicted molar refractivity (Wildman–Crippen MR) is 90.1 cm³/mol. The fraction of sp³-hybridized carbons (Fsp3) is 0.105. The van der Waals surface area contributed by atoms with Crippen molar-refractivity contribution in [3.8, 4) is 17.2 Å². The van der Waals surface area contributed by atoms with Crippen molar-refractivity contribution in [3.63, 3.8) is 0 Å². The summed E-state index contributed by atoms with van der Waals surface area (Å²) >= 11 is 0. The third kappa shape index (κ3) is 2.65. The maximum absolute atomic E-state index is 13.3. The van der Waals surface area contributed by atoms with Crippen molar-refractivity contribution in [1.29, 1.82) is 0 Å². The van der Waals surface area contributed by atoms with Gasteiger partial charge in [-0.1, -0.05) is 12.1 Å². The third-order valence-electron chi connectivity index (χ3n) is 4.41. The molecule has 0 bridgehead atoms. The molecular weight excluding hydrogens is 363 g/mol. The van der Waals surface area contributed by atoms with Crippen LogP contribution in [-0.4, -0.2) is 20.3 Å². The number of nitrogens with zero attached hydrogens (tertiary/aromatic N) is 1. The second-order valence-corrected chi connectivity index (χ2v) is 6.00. The van der Waals surface area contributed by atoms with Crippen LogP contribution in [0.15, 0.2) is 48.9 Å². The number of aromatic nitrogens is 1. The quantitative estimate of drug-likeness (QED) is 0.557. The molecule has 3 N–H and O–H groups in total. The molecule has 1 atom stereocenters. The topological polar surface area (TPSA) is 82.8 Å². The lowest BCUT2D eigenvalue weighted by Crippen LogP contribution is -2.16. The summed E-state index contributed by atoms with van der Waals surface area (Å²) in [6.45, 7) is 0. The first-order valence-corrected chi connectivity index (χ1v) is 7.84. The number of phenolic OH excluding ortho intramolecular Hbond substituents is 2. The van der Waals surface area contributed by atoms with E-state index in [2.05, 4.69) is 4.98 Å². The lowest BCUT2D eigenvalue weighted by atomic mass is 9.90. The summed E-state index contributed by atoms with van der Waals surface area (Å²) in [5.41, 5.74) is -1.64. The van der Waals surface area contributed by atoms with Crippen LogP contribution in [-0.2, 0) is 6.18 Å². The number of rotatable bonds is 1. The monoisotopic (exact) mass is 375 g/mol. The Hall–Kier alpha value is -3.26. The highest BCUT2D eigenvalue weighted by atomic mass is 19.4. The Balaban J connectivity index is 1.94. The Kier molecular flexibility index (Phi) is 3.74. The van der Waals surface area contributed by atoms with E-state index < -0.39 is 35.0 Å². The number of hydrogen-bond acceptors (Lipinski definition) is 5. The normalized spacial score (nSPS) is 16.6. The van der Waals surface area contributed by atoms with E-state index in [1.54, 1.807) is 6.07 Å². The molecule has 0 amide bonds. The summed E-state index contributed by atoms with van der Waals surface area (Å²) in [6, 6.07) is 7.91. The van der Waals surface area contributed by atoms with Crippen LogP contribution in [0.25, 0.3) is 16.3 Å². The van der Waals surface area contributed by atoms with E-state index in [9.17, 15) is 28.5 Å². The van der Waals surface area contributed by atoms with Crippen molar-refractivity contribution in [3.05, 3.63) is 65.7 Å². The summed E-state index contributed by atoms with van der Waals surface area (Å²) in [7, 11) is 0. The molecule has 1 unspecified atom stereocenters. The Labute approximate surface area is 150 Å². The van der Waals surface area contributed by atoms with Crippen LogP contribution in [0.3, 0.4) is 0 Å². The first kappa shape index (κ1) is 17.2. The van der Waals surface area contributed by atoms with E-state index >= 15 is 0 Å². The highest BCUT2D eigenvalue weighted by molar-refractivity contribution is 5.97. The van der Waals surface area contributed by atoms with Crippen molar-refractivity contribution < 1.29 is 33.2 Å². The zero-order valence-corrected chi connectivity index (χ0v) is 13.5. The summed E-state index contributed by atoms with van der Waals surface area (Å²) in [5.74, 6) is -0.762. The van der Waals surface area contributed by atoms with Crippen molar-refractivity contribution in [1.82, 2.24) is 4.98 Å². The molecule has 1 aliphatic rings. The molecule has 0 radical (unpaired) electrons. The van der Waals surface area contributed by atoms with Gasteiger partial charge in [-0.2, -0.15) is 13.2 Å². The number of ether oxygens (including phenoxy) is 1.